The van der Waals surface area contributed by atoms with Crippen LogP contribution in [-0.2, 0) is 9.53 Å². The summed E-state index contributed by atoms with van der Waals surface area (Å²) in [5.74, 6) is -1.59. The number of hydrogen-bond acceptors (Lipinski definition) is 5. The van der Waals surface area contributed by atoms with Gasteiger partial charge < -0.3 is 4.74 Å². The first-order chi connectivity index (χ1) is 6.69. The quantitative estimate of drug-likeness (QED) is 0.327. The standard InChI is InChI=1S/C9H8O4S/c1-2-13-9(12)8(11)7-4-3-6(5-10)14-7/h3-5H,2H2,1H3. The number of Topliss-reactive ketones (excluding diaryl/α,β-unsaturated/α-hetero) is 1. The highest BCUT2D eigenvalue weighted by molar-refractivity contribution is 7.16. The average molecular weight is 212 g/mol. The number of thiophene rings is 1. The lowest BCUT2D eigenvalue weighted by atomic mass is 10.3. The zero-order valence-corrected chi connectivity index (χ0v) is 8.30. The van der Waals surface area contributed by atoms with Crippen LogP contribution in [0.3, 0.4) is 0 Å². The first-order valence-electron chi connectivity index (χ1n) is 3.95. The Kier molecular flexibility index (Phi) is 3.53. The number of carbonyl (C=O) groups is 3. The van der Waals surface area contributed by atoms with Crippen LogP contribution in [0.2, 0.25) is 0 Å². The minimum absolute atomic E-state index is 0.163. The largest absolute Gasteiger partial charge is 0.460 e. The molecule has 0 atom stereocenters. The molecule has 1 aromatic rings. The maximum atomic E-state index is 11.3. The Hall–Kier alpha value is -1.49. The van der Waals surface area contributed by atoms with Gasteiger partial charge in [0.1, 0.15) is 0 Å². The summed E-state index contributed by atoms with van der Waals surface area (Å²) < 4.78 is 4.53. The summed E-state index contributed by atoms with van der Waals surface area (Å²) in [5, 5.41) is 0. The number of carbonyl (C=O) groups excluding carboxylic acids is 3. The highest BCUT2D eigenvalue weighted by Gasteiger charge is 2.19. The Morgan fingerprint density at radius 1 is 1.50 bits per heavy atom. The van der Waals surface area contributed by atoms with Gasteiger partial charge in [-0.2, -0.15) is 0 Å². The molecule has 5 heteroatoms. The molecule has 0 aliphatic carbocycles. The van der Waals surface area contributed by atoms with Crippen LogP contribution < -0.4 is 0 Å². The number of hydrogen-bond donors (Lipinski definition) is 0. The van der Waals surface area contributed by atoms with Crippen LogP contribution in [0, 0.1) is 0 Å². The molecule has 0 radical (unpaired) electrons. The van der Waals surface area contributed by atoms with Gasteiger partial charge in [0, 0.05) is 0 Å². The highest BCUT2D eigenvalue weighted by Crippen LogP contribution is 2.15. The fourth-order valence-corrected chi connectivity index (χ4v) is 1.59. The third-order valence-corrected chi connectivity index (χ3v) is 2.44. The predicted molar refractivity (Wildman–Crippen MR) is 50.7 cm³/mol. The van der Waals surface area contributed by atoms with Gasteiger partial charge in [-0.25, -0.2) is 4.79 Å². The molecule has 0 N–H and O–H groups in total. The molecule has 0 amide bonds. The van der Waals surface area contributed by atoms with Crippen molar-refractivity contribution >= 4 is 29.4 Å². The molecule has 1 rings (SSSR count). The van der Waals surface area contributed by atoms with Crippen molar-refractivity contribution in [2.45, 2.75) is 6.92 Å². The van der Waals surface area contributed by atoms with Gasteiger partial charge in [-0.15, -0.1) is 11.3 Å². The van der Waals surface area contributed by atoms with E-state index in [0.717, 1.165) is 11.3 Å². The number of ether oxygens (including phenoxy) is 1. The van der Waals surface area contributed by atoms with E-state index in [-0.39, 0.29) is 11.5 Å². The van der Waals surface area contributed by atoms with Gasteiger partial charge in [0.2, 0.25) is 0 Å². The van der Waals surface area contributed by atoms with Gasteiger partial charge in [-0.3, -0.25) is 9.59 Å². The summed E-state index contributed by atoms with van der Waals surface area (Å²) in [6.45, 7) is 1.78. The van der Waals surface area contributed by atoms with Crippen molar-refractivity contribution in [3.8, 4) is 0 Å². The third-order valence-electron chi connectivity index (χ3n) is 1.43. The van der Waals surface area contributed by atoms with Crippen LogP contribution in [-0.4, -0.2) is 24.6 Å². The topological polar surface area (TPSA) is 60.4 Å². The minimum atomic E-state index is -0.883. The molecule has 1 aromatic heterocycles. The number of esters is 1. The molecule has 74 valence electrons. The SMILES string of the molecule is CCOC(=O)C(=O)c1ccc(C=O)s1. The minimum Gasteiger partial charge on any atom is -0.460 e. The highest BCUT2D eigenvalue weighted by atomic mass is 32.1. The maximum Gasteiger partial charge on any atom is 0.380 e. The lowest BCUT2D eigenvalue weighted by Gasteiger charge is -1.96. The van der Waals surface area contributed by atoms with E-state index in [1.165, 1.54) is 12.1 Å². The molecule has 0 saturated heterocycles. The summed E-state index contributed by atoms with van der Waals surface area (Å²) in [6, 6.07) is 2.93. The van der Waals surface area contributed by atoms with Crippen molar-refractivity contribution in [2.75, 3.05) is 6.61 Å². The van der Waals surface area contributed by atoms with Crippen LogP contribution >= 0.6 is 11.3 Å². The first kappa shape index (κ1) is 10.6. The molecule has 0 bridgehead atoms. The van der Waals surface area contributed by atoms with Gasteiger partial charge in [-0.1, -0.05) is 0 Å². The van der Waals surface area contributed by atoms with Crippen molar-refractivity contribution in [3.05, 3.63) is 21.9 Å². The molecular weight excluding hydrogens is 204 g/mol. The van der Waals surface area contributed by atoms with E-state index in [4.69, 9.17) is 0 Å². The Bertz CT molecular complexity index is 367. The Morgan fingerprint density at radius 2 is 2.21 bits per heavy atom. The van der Waals surface area contributed by atoms with Gasteiger partial charge in [0.15, 0.2) is 6.29 Å². The van der Waals surface area contributed by atoms with Gasteiger partial charge >= 0.3 is 5.97 Å². The van der Waals surface area contributed by atoms with E-state index in [1.807, 2.05) is 0 Å². The van der Waals surface area contributed by atoms with Crippen LogP contribution in [0.1, 0.15) is 26.3 Å². The predicted octanol–water partition coefficient (Wildman–Crippen LogP) is 1.31. The summed E-state index contributed by atoms with van der Waals surface area (Å²) in [4.78, 5) is 33.2. The van der Waals surface area contributed by atoms with Crippen LogP contribution in [0.15, 0.2) is 12.1 Å². The monoisotopic (exact) mass is 212 g/mol. The average Bonchev–Trinajstić information content (AvgIpc) is 2.65. The van der Waals surface area contributed by atoms with Crippen molar-refractivity contribution in [1.29, 1.82) is 0 Å². The molecule has 1 heterocycles. The summed E-state index contributed by atoms with van der Waals surface area (Å²) in [5.41, 5.74) is 0. The molecular formula is C9H8O4S. The van der Waals surface area contributed by atoms with E-state index >= 15 is 0 Å². The number of aldehydes is 1. The normalized spacial score (nSPS) is 9.50. The van der Waals surface area contributed by atoms with Gasteiger partial charge in [-0.05, 0) is 19.1 Å². The molecule has 4 nitrogen and oxygen atoms in total. The number of rotatable bonds is 4. The van der Waals surface area contributed by atoms with Crippen molar-refractivity contribution < 1.29 is 19.1 Å². The molecule has 14 heavy (non-hydrogen) atoms. The summed E-state index contributed by atoms with van der Waals surface area (Å²) in [6.07, 6.45) is 0.632. The Balaban J connectivity index is 2.78. The molecule has 0 fully saturated rings. The van der Waals surface area contributed by atoms with Crippen LogP contribution in [0.25, 0.3) is 0 Å². The first-order valence-corrected chi connectivity index (χ1v) is 4.77. The zero-order valence-electron chi connectivity index (χ0n) is 7.48. The Morgan fingerprint density at radius 3 is 2.71 bits per heavy atom. The maximum absolute atomic E-state index is 11.3. The summed E-state index contributed by atoms with van der Waals surface area (Å²) in [7, 11) is 0. The van der Waals surface area contributed by atoms with Crippen LogP contribution in [0.5, 0.6) is 0 Å². The van der Waals surface area contributed by atoms with E-state index in [0.29, 0.717) is 11.2 Å². The molecule has 0 spiro atoms. The second kappa shape index (κ2) is 4.66. The Labute approximate surface area is 84.5 Å². The van der Waals surface area contributed by atoms with E-state index in [1.54, 1.807) is 6.92 Å². The van der Waals surface area contributed by atoms with Crippen molar-refractivity contribution in [3.63, 3.8) is 0 Å². The van der Waals surface area contributed by atoms with E-state index in [9.17, 15) is 14.4 Å². The molecule has 0 aliphatic heterocycles. The molecule has 0 aliphatic rings. The van der Waals surface area contributed by atoms with Gasteiger partial charge in [0.25, 0.3) is 5.78 Å². The van der Waals surface area contributed by atoms with E-state index < -0.39 is 11.8 Å². The third kappa shape index (κ3) is 2.26. The van der Waals surface area contributed by atoms with Crippen LogP contribution in [0.4, 0.5) is 0 Å². The second-order valence-corrected chi connectivity index (χ2v) is 3.48. The van der Waals surface area contributed by atoms with Crippen molar-refractivity contribution in [2.24, 2.45) is 0 Å². The zero-order chi connectivity index (χ0) is 10.6. The fraction of sp³-hybridized carbons (Fsp3) is 0.222. The number of ketones is 1. The lowest BCUT2D eigenvalue weighted by molar-refractivity contribution is -0.137. The second-order valence-electron chi connectivity index (χ2n) is 2.37. The fourth-order valence-electron chi connectivity index (χ4n) is 0.835. The molecule has 0 aromatic carbocycles. The molecule has 0 saturated carbocycles. The lowest BCUT2D eigenvalue weighted by Crippen LogP contribution is -2.16. The van der Waals surface area contributed by atoms with Crippen molar-refractivity contribution in [1.82, 2.24) is 0 Å². The van der Waals surface area contributed by atoms with E-state index in [2.05, 4.69) is 4.74 Å². The summed E-state index contributed by atoms with van der Waals surface area (Å²) >= 11 is 0.977. The smallest absolute Gasteiger partial charge is 0.380 e. The van der Waals surface area contributed by atoms with Gasteiger partial charge in [0.05, 0.1) is 16.4 Å². The molecule has 0 unspecified atom stereocenters.